The molecular weight excluding hydrogens is 270 g/mol. The second-order valence-electron chi connectivity index (χ2n) is 4.99. The molecule has 110 valence electrons. The van der Waals surface area contributed by atoms with Crippen LogP contribution in [0.2, 0.25) is 0 Å². The van der Waals surface area contributed by atoms with Gasteiger partial charge in [0.2, 0.25) is 0 Å². The fraction of sp³-hybridized carbons (Fsp3) is 0.533. The third kappa shape index (κ3) is 3.67. The van der Waals surface area contributed by atoms with Gasteiger partial charge in [0.1, 0.15) is 12.4 Å². The maximum Gasteiger partial charge on any atom is 0.135 e. The van der Waals surface area contributed by atoms with Gasteiger partial charge in [0, 0.05) is 12.2 Å². The van der Waals surface area contributed by atoms with E-state index >= 15 is 0 Å². The van der Waals surface area contributed by atoms with Gasteiger partial charge in [-0.15, -0.1) is 0 Å². The molecule has 1 aromatic carbocycles. The Bertz CT molecular complexity index is 553. The number of unbranched alkanes of at least 4 members (excludes halogenated alkanes) is 3. The summed E-state index contributed by atoms with van der Waals surface area (Å²) in [6.45, 7) is 0.886. The lowest BCUT2D eigenvalue weighted by molar-refractivity contribution is 0.265. The highest BCUT2D eigenvalue weighted by atomic mass is 32.2. The van der Waals surface area contributed by atoms with E-state index in [0.717, 1.165) is 29.8 Å². The molecule has 1 aromatic heterocycles. The van der Waals surface area contributed by atoms with Gasteiger partial charge in [0.15, 0.2) is 0 Å². The lowest BCUT2D eigenvalue weighted by atomic mass is 10.2. The number of anilines is 1. The van der Waals surface area contributed by atoms with Crippen molar-refractivity contribution in [3.8, 4) is 0 Å². The summed E-state index contributed by atoms with van der Waals surface area (Å²) in [4.78, 5) is 4.45. The number of aryl methyl sites for hydroxylation is 1. The average Bonchev–Trinajstić information content (AvgIpc) is 2.79. The molecule has 0 unspecified atom stereocenters. The van der Waals surface area contributed by atoms with Crippen molar-refractivity contribution in [2.75, 3.05) is 17.7 Å². The second-order valence-corrected chi connectivity index (χ2v) is 5.98. The summed E-state index contributed by atoms with van der Waals surface area (Å²) in [6, 6.07) is 5.74. The Morgan fingerprint density at radius 1 is 1.25 bits per heavy atom. The Hall–Kier alpha value is -1.20. The Labute approximate surface area is 124 Å². The minimum atomic E-state index is -0.0267. The summed E-state index contributed by atoms with van der Waals surface area (Å²) >= 11 is 1.91. The largest absolute Gasteiger partial charge is 0.399 e. The Kier molecular flexibility index (Phi) is 5.73. The fourth-order valence-corrected chi connectivity index (χ4v) is 2.93. The van der Waals surface area contributed by atoms with Crippen LogP contribution >= 0.6 is 11.8 Å². The van der Waals surface area contributed by atoms with Crippen LogP contribution in [-0.2, 0) is 13.2 Å². The molecule has 0 spiro atoms. The molecule has 2 aromatic rings. The average molecular weight is 293 g/mol. The van der Waals surface area contributed by atoms with Gasteiger partial charge in [0.25, 0.3) is 0 Å². The van der Waals surface area contributed by atoms with E-state index in [9.17, 15) is 5.11 Å². The van der Waals surface area contributed by atoms with Crippen LogP contribution in [0.4, 0.5) is 5.69 Å². The number of imidazole rings is 1. The minimum Gasteiger partial charge on any atom is -0.399 e. The number of nitrogen functional groups attached to an aromatic ring is 1. The number of thioether (sulfide) groups is 1. The van der Waals surface area contributed by atoms with Crippen LogP contribution in [0.25, 0.3) is 11.0 Å². The molecule has 5 heteroatoms. The highest BCUT2D eigenvalue weighted by molar-refractivity contribution is 7.98. The number of hydrogen-bond acceptors (Lipinski definition) is 4. The molecule has 0 radical (unpaired) electrons. The van der Waals surface area contributed by atoms with Crippen LogP contribution in [0.15, 0.2) is 18.2 Å². The SMILES string of the molecule is CSCCCCCCn1c(CO)nc2cc(N)ccc21. The Morgan fingerprint density at radius 3 is 2.80 bits per heavy atom. The van der Waals surface area contributed by atoms with Crippen molar-refractivity contribution in [2.24, 2.45) is 0 Å². The molecule has 4 nitrogen and oxygen atoms in total. The number of hydrogen-bond donors (Lipinski definition) is 2. The standard InChI is InChI=1S/C15H23N3OS/c1-20-9-5-3-2-4-8-18-14-7-6-12(16)10-13(14)17-15(18)11-19/h6-7,10,19H,2-5,8-9,11,16H2,1H3. The number of benzene rings is 1. The van der Waals surface area contributed by atoms with Gasteiger partial charge in [-0.1, -0.05) is 12.8 Å². The molecule has 0 aliphatic carbocycles. The summed E-state index contributed by atoms with van der Waals surface area (Å²) in [7, 11) is 0. The van der Waals surface area contributed by atoms with E-state index < -0.39 is 0 Å². The number of aliphatic hydroxyl groups is 1. The zero-order valence-corrected chi connectivity index (χ0v) is 12.8. The zero-order valence-electron chi connectivity index (χ0n) is 12.0. The van der Waals surface area contributed by atoms with E-state index in [1.54, 1.807) is 0 Å². The normalized spacial score (nSPS) is 11.3. The van der Waals surface area contributed by atoms with Gasteiger partial charge in [-0.05, 0) is 43.0 Å². The summed E-state index contributed by atoms with van der Waals surface area (Å²) in [5.41, 5.74) is 8.42. The van der Waals surface area contributed by atoms with E-state index in [1.165, 1.54) is 25.0 Å². The van der Waals surface area contributed by atoms with Crippen LogP contribution in [0.3, 0.4) is 0 Å². The van der Waals surface area contributed by atoms with E-state index in [0.29, 0.717) is 5.69 Å². The molecule has 0 aliphatic heterocycles. The number of aromatic nitrogens is 2. The van der Waals surface area contributed by atoms with E-state index in [1.807, 2.05) is 30.0 Å². The topological polar surface area (TPSA) is 64.1 Å². The summed E-state index contributed by atoms with van der Waals surface area (Å²) in [6.07, 6.45) is 7.05. The molecule has 20 heavy (non-hydrogen) atoms. The first-order valence-corrected chi connectivity index (χ1v) is 8.50. The first-order chi connectivity index (χ1) is 9.76. The van der Waals surface area contributed by atoms with Crippen molar-refractivity contribution in [1.29, 1.82) is 0 Å². The van der Waals surface area contributed by atoms with Crippen molar-refractivity contribution in [3.05, 3.63) is 24.0 Å². The first kappa shape index (κ1) is 15.2. The maximum absolute atomic E-state index is 9.44. The maximum atomic E-state index is 9.44. The molecule has 0 aliphatic rings. The third-order valence-electron chi connectivity index (χ3n) is 3.47. The van der Waals surface area contributed by atoms with E-state index in [4.69, 9.17) is 5.73 Å². The number of rotatable bonds is 8. The number of nitrogens with two attached hydrogens (primary N) is 1. The molecule has 0 saturated carbocycles. The first-order valence-electron chi connectivity index (χ1n) is 7.10. The van der Waals surface area contributed by atoms with Crippen LogP contribution in [0.5, 0.6) is 0 Å². The molecule has 0 amide bonds. The van der Waals surface area contributed by atoms with Crippen molar-refractivity contribution < 1.29 is 5.11 Å². The second kappa shape index (κ2) is 7.55. The predicted molar refractivity (Wildman–Crippen MR) is 86.9 cm³/mol. The van der Waals surface area contributed by atoms with Crippen molar-refractivity contribution in [1.82, 2.24) is 9.55 Å². The molecule has 0 bridgehead atoms. The summed E-state index contributed by atoms with van der Waals surface area (Å²) in [5.74, 6) is 1.98. The van der Waals surface area contributed by atoms with Crippen LogP contribution < -0.4 is 5.73 Å². The van der Waals surface area contributed by atoms with Gasteiger partial charge in [-0.25, -0.2) is 4.98 Å². The molecule has 2 rings (SSSR count). The van der Waals surface area contributed by atoms with Gasteiger partial charge in [-0.3, -0.25) is 0 Å². The number of nitrogens with zero attached hydrogens (tertiary/aromatic N) is 2. The van der Waals surface area contributed by atoms with Crippen LogP contribution in [0, 0.1) is 0 Å². The highest BCUT2D eigenvalue weighted by Gasteiger charge is 2.09. The monoisotopic (exact) mass is 293 g/mol. The Balaban J connectivity index is 2.01. The fourth-order valence-electron chi connectivity index (χ4n) is 2.44. The zero-order chi connectivity index (χ0) is 14.4. The van der Waals surface area contributed by atoms with Crippen LogP contribution in [-0.4, -0.2) is 26.7 Å². The van der Waals surface area contributed by atoms with Gasteiger partial charge < -0.3 is 15.4 Å². The lowest BCUT2D eigenvalue weighted by Gasteiger charge is -2.07. The molecule has 0 atom stereocenters. The molecule has 3 N–H and O–H groups in total. The smallest absolute Gasteiger partial charge is 0.135 e. The summed E-state index contributed by atoms with van der Waals surface area (Å²) < 4.78 is 2.11. The molecule has 1 heterocycles. The Morgan fingerprint density at radius 2 is 2.05 bits per heavy atom. The quantitative estimate of drug-likeness (QED) is 0.580. The number of aliphatic hydroxyl groups excluding tert-OH is 1. The predicted octanol–water partition coefficient (Wildman–Crippen LogP) is 3.03. The van der Waals surface area contributed by atoms with Crippen molar-refractivity contribution in [3.63, 3.8) is 0 Å². The third-order valence-corrected chi connectivity index (χ3v) is 4.17. The molecule has 0 saturated heterocycles. The molecule has 0 fully saturated rings. The van der Waals surface area contributed by atoms with E-state index in [2.05, 4.69) is 15.8 Å². The van der Waals surface area contributed by atoms with Gasteiger partial charge in [-0.2, -0.15) is 11.8 Å². The van der Waals surface area contributed by atoms with Crippen molar-refractivity contribution in [2.45, 2.75) is 38.8 Å². The van der Waals surface area contributed by atoms with Gasteiger partial charge in [0.05, 0.1) is 11.0 Å². The van der Waals surface area contributed by atoms with Crippen molar-refractivity contribution >= 4 is 28.5 Å². The minimum absolute atomic E-state index is 0.0267. The summed E-state index contributed by atoms with van der Waals surface area (Å²) in [5, 5.41) is 9.44. The van der Waals surface area contributed by atoms with Crippen LogP contribution in [0.1, 0.15) is 31.5 Å². The van der Waals surface area contributed by atoms with E-state index in [-0.39, 0.29) is 6.61 Å². The van der Waals surface area contributed by atoms with Gasteiger partial charge >= 0.3 is 0 Å². The number of fused-ring (bicyclic) bond motifs is 1. The highest BCUT2D eigenvalue weighted by Crippen LogP contribution is 2.20. The molecular formula is C15H23N3OS. The lowest BCUT2D eigenvalue weighted by Crippen LogP contribution is -2.04.